The molecule has 1 atom stereocenters. The Bertz CT molecular complexity index is 707. The molecule has 1 amide bonds. The molecule has 1 aliphatic heterocycles. The summed E-state index contributed by atoms with van der Waals surface area (Å²) in [6.07, 6.45) is 3.56. The van der Waals surface area contributed by atoms with E-state index in [1.54, 1.807) is 10.9 Å². The maximum absolute atomic E-state index is 12.7. The number of carbonyl (C=O) groups is 1. The van der Waals surface area contributed by atoms with Gasteiger partial charge in [-0.05, 0) is 40.9 Å². The van der Waals surface area contributed by atoms with E-state index in [9.17, 15) is 4.79 Å². The van der Waals surface area contributed by atoms with Crippen molar-refractivity contribution in [2.45, 2.75) is 26.4 Å². The molecule has 0 radical (unpaired) electrons. The quantitative estimate of drug-likeness (QED) is 0.805. The fourth-order valence-electron chi connectivity index (χ4n) is 3.06. The number of nitrogens with zero attached hydrogens (tertiary/aromatic N) is 4. The first-order valence-corrected chi connectivity index (χ1v) is 9.09. The van der Waals surface area contributed by atoms with Crippen LogP contribution in [0, 0.1) is 6.92 Å². The van der Waals surface area contributed by atoms with Gasteiger partial charge in [-0.3, -0.25) is 14.4 Å². The Morgan fingerprint density at radius 2 is 1.96 bits per heavy atom. The molecule has 128 valence electrons. The topological polar surface area (TPSA) is 41.4 Å². The molecule has 1 aliphatic rings. The zero-order chi connectivity index (χ0) is 17.1. The molecule has 1 saturated heterocycles. The van der Waals surface area contributed by atoms with Crippen molar-refractivity contribution in [1.29, 1.82) is 0 Å². The SMILES string of the molecule is Cc1ccccc1CN1CCN(C(=O)C(C)n2cc(Br)cn2)CC1. The molecule has 0 N–H and O–H groups in total. The average Bonchev–Trinajstić information content (AvgIpc) is 3.03. The Balaban J connectivity index is 1.55. The summed E-state index contributed by atoms with van der Waals surface area (Å²) in [6.45, 7) is 8.39. The van der Waals surface area contributed by atoms with Crippen molar-refractivity contribution in [2.24, 2.45) is 0 Å². The molecule has 0 bridgehead atoms. The minimum Gasteiger partial charge on any atom is -0.338 e. The Morgan fingerprint density at radius 3 is 2.58 bits per heavy atom. The highest BCUT2D eigenvalue weighted by Crippen LogP contribution is 2.17. The molecule has 2 aromatic rings. The van der Waals surface area contributed by atoms with Crippen molar-refractivity contribution in [2.75, 3.05) is 26.2 Å². The summed E-state index contributed by atoms with van der Waals surface area (Å²) in [7, 11) is 0. The summed E-state index contributed by atoms with van der Waals surface area (Å²) < 4.78 is 2.61. The van der Waals surface area contributed by atoms with Crippen LogP contribution in [0.25, 0.3) is 0 Å². The van der Waals surface area contributed by atoms with Crippen LogP contribution in [0.1, 0.15) is 24.1 Å². The summed E-state index contributed by atoms with van der Waals surface area (Å²) in [5.41, 5.74) is 2.70. The molecule has 1 unspecified atom stereocenters. The van der Waals surface area contributed by atoms with E-state index in [4.69, 9.17) is 0 Å². The van der Waals surface area contributed by atoms with E-state index in [2.05, 4.69) is 57.1 Å². The molecule has 2 heterocycles. The van der Waals surface area contributed by atoms with E-state index in [1.165, 1.54) is 11.1 Å². The van der Waals surface area contributed by atoms with E-state index in [0.717, 1.165) is 37.2 Å². The number of carbonyl (C=O) groups excluding carboxylic acids is 1. The molecule has 5 nitrogen and oxygen atoms in total. The second kappa shape index (κ2) is 7.49. The number of aromatic nitrogens is 2. The van der Waals surface area contributed by atoms with Crippen LogP contribution in [-0.2, 0) is 11.3 Å². The molecule has 1 aromatic carbocycles. The van der Waals surface area contributed by atoms with Gasteiger partial charge in [-0.1, -0.05) is 24.3 Å². The van der Waals surface area contributed by atoms with Gasteiger partial charge in [0, 0.05) is 38.9 Å². The number of rotatable bonds is 4. The molecule has 3 rings (SSSR count). The first kappa shape index (κ1) is 17.2. The van der Waals surface area contributed by atoms with Crippen molar-refractivity contribution in [1.82, 2.24) is 19.6 Å². The molecule has 0 spiro atoms. The van der Waals surface area contributed by atoms with Gasteiger partial charge in [-0.15, -0.1) is 0 Å². The normalized spacial score (nSPS) is 17.0. The first-order valence-electron chi connectivity index (χ1n) is 8.30. The van der Waals surface area contributed by atoms with Crippen LogP contribution in [0.2, 0.25) is 0 Å². The summed E-state index contributed by atoms with van der Waals surface area (Å²) in [4.78, 5) is 17.0. The molecule has 1 aromatic heterocycles. The predicted octanol–water partition coefficient (Wildman–Crippen LogP) is 2.86. The maximum Gasteiger partial charge on any atom is 0.247 e. The largest absolute Gasteiger partial charge is 0.338 e. The first-order chi connectivity index (χ1) is 11.5. The highest BCUT2D eigenvalue weighted by molar-refractivity contribution is 9.10. The van der Waals surface area contributed by atoms with Crippen molar-refractivity contribution in [3.8, 4) is 0 Å². The van der Waals surface area contributed by atoms with Crippen molar-refractivity contribution in [3.05, 3.63) is 52.3 Å². The lowest BCUT2D eigenvalue weighted by Crippen LogP contribution is -2.50. The fraction of sp³-hybridized carbons (Fsp3) is 0.444. The smallest absolute Gasteiger partial charge is 0.247 e. The van der Waals surface area contributed by atoms with Gasteiger partial charge in [0.15, 0.2) is 0 Å². The Kier molecular flexibility index (Phi) is 5.36. The van der Waals surface area contributed by atoms with Crippen LogP contribution in [-0.4, -0.2) is 51.7 Å². The zero-order valence-electron chi connectivity index (χ0n) is 14.2. The number of hydrogen-bond donors (Lipinski definition) is 0. The molecule has 24 heavy (non-hydrogen) atoms. The van der Waals surface area contributed by atoms with Gasteiger partial charge in [0.1, 0.15) is 6.04 Å². The molecular weight excluding hydrogens is 368 g/mol. The van der Waals surface area contributed by atoms with Gasteiger partial charge in [0.05, 0.1) is 10.7 Å². The fourth-order valence-corrected chi connectivity index (χ4v) is 3.36. The van der Waals surface area contributed by atoms with E-state index in [0.29, 0.717) is 0 Å². The third-order valence-corrected chi connectivity index (χ3v) is 5.07. The number of aryl methyl sites for hydroxylation is 1. The summed E-state index contributed by atoms with van der Waals surface area (Å²) >= 11 is 3.38. The third kappa shape index (κ3) is 3.87. The second-order valence-electron chi connectivity index (χ2n) is 6.34. The molecule has 1 fully saturated rings. The number of hydrogen-bond acceptors (Lipinski definition) is 3. The number of halogens is 1. The Labute approximate surface area is 151 Å². The summed E-state index contributed by atoms with van der Waals surface area (Å²) in [5, 5.41) is 4.22. The van der Waals surface area contributed by atoms with Gasteiger partial charge in [-0.25, -0.2) is 0 Å². The minimum absolute atomic E-state index is 0.140. The third-order valence-electron chi connectivity index (χ3n) is 4.66. The lowest BCUT2D eigenvalue weighted by atomic mass is 10.1. The van der Waals surface area contributed by atoms with Crippen LogP contribution >= 0.6 is 15.9 Å². The average molecular weight is 391 g/mol. The van der Waals surface area contributed by atoms with Crippen LogP contribution in [0.4, 0.5) is 0 Å². The zero-order valence-corrected chi connectivity index (χ0v) is 15.7. The monoisotopic (exact) mass is 390 g/mol. The molecule has 0 saturated carbocycles. The minimum atomic E-state index is -0.265. The van der Waals surface area contributed by atoms with Gasteiger partial charge in [-0.2, -0.15) is 5.10 Å². The lowest BCUT2D eigenvalue weighted by Gasteiger charge is -2.36. The standard InChI is InChI=1S/C18H23BrN4O/c1-14-5-3-4-6-16(14)12-21-7-9-22(10-8-21)18(24)15(2)23-13-17(19)11-20-23/h3-6,11,13,15H,7-10,12H2,1-2H3. The highest BCUT2D eigenvalue weighted by Gasteiger charge is 2.26. The molecule has 6 heteroatoms. The van der Waals surface area contributed by atoms with Gasteiger partial charge < -0.3 is 4.90 Å². The van der Waals surface area contributed by atoms with Crippen molar-refractivity contribution < 1.29 is 4.79 Å². The molecular formula is C18H23BrN4O. The summed E-state index contributed by atoms with van der Waals surface area (Å²) in [6, 6.07) is 8.24. The van der Waals surface area contributed by atoms with Crippen LogP contribution in [0.3, 0.4) is 0 Å². The van der Waals surface area contributed by atoms with E-state index >= 15 is 0 Å². The Hall–Kier alpha value is -1.66. The highest BCUT2D eigenvalue weighted by atomic mass is 79.9. The Morgan fingerprint density at radius 1 is 1.25 bits per heavy atom. The van der Waals surface area contributed by atoms with Gasteiger partial charge >= 0.3 is 0 Å². The second-order valence-corrected chi connectivity index (χ2v) is 7.26. The summed E-state index contributed by atoms with van der Waals surface area (Å²) in [5.74, 6) is 0.140. The van der Waals surface area contributed by atoms with E-state index in [-0.39, 0.29) is 11.9 Å². The van der Waals surface area contributed by atoms with Crippen molar-refractivity contribution in [3.63, 3.8) is 0 Å². The number of amides is 1. The number of piperazine rings is 1. The molecule has 0 aliphatic carbocycles. The van der Waals surface area contributed by atoms with E-state index in [1.807, 2.05) is 18.0 Å². The maximum atomic E-state index is 12.7. The van der Waals surface area contributed by atoms with E-state index < -0.39 is 0 Å². The van der Waals surface area contributed by atoms with Crippen LogP contribution in [0.15, 0.2) is 41.1 Å². The van der Waals surface area contributed by atoms with Crippen molar-refractivity contribution >= 4 is 21.8 Å². The predicted molar refractivity (Wildman–Crippen MR) is 97.7 cm³/mol. The van der Waals surface area contributed by atoms with Gasteiger partial charge in [0.2, 0.25) is 5.91 Å². The van der Waals surface area contributed by atoms with Gasteiger partial charge in [0.25, 0.3) is 0 Å². The number of benzene rings is 1. The lowest BCUT2D eigenvalue weighted by molar-refractivity contribution is -0.136. The van der Waals surface area contributed by atoms with Crippen LogP contribution < -0.4 is 0 Å². The van der Waals surface area contributed by atoms with Crippen LogP contribution in [0.5, 0.6) is 0 Å².